The maximum absolute atomic E-state index is 12.9. The number of carbonyl (C=O) groups excluding carboxylic acids is 1. The minimum Gasteiger partial charge on any atom is -0.495 e. The number of hydrogen-bond acceptors (Lipinski definition) is 7. The topological polar surface area (TPSA) is 82.6 Å². The molecule has 3 aromatic rings. The summed E-state index contributed by atoms with van der Waals surface area (Å²) in [6.45, 7) is 10.1. The average Bonchev–Trinajstić information content (AvgIpc) is 2.88. The van der Waals surface area contributed by atoms with Crippen LogP contribution in [0.3, 0.4) is 0 Å². The van der Waals surface area contributed by atoms with E-state index in [9.17, 15) is 4.79 Å². The van der Waals surface area contributed by atoms with E-state index >= 15 is 0 Å². The molecule has 1 fully saturated rings. The highest BCUT2D eigenvalue weighted by molar-refractivity contribution is 5.89. The number of piperazine rings is 1. The van der Waals surface area contributed by atoms with Crippen molar-refractivity contribution in [1.82, 2.24) is 25.5 Å². The van der Waals surface area contributed by atoms with E-state index in [2.05, 4.69) is 69.4 Å². The van der Waals surface area contributed by atoms with E-state index in [1.807, 2.05) is 24.4 Å². The lowest BCUT2D eigenvalue weighted by Crippen LogP contribution is -2.67. The van der Waals surface area contributed by atoms with Crippen molar-refractivity contribution in [3.63, 3.8) is 0 Å². The lowest BCUT2D eigenvalue weighted by Gasteiger charge is -2.48. The Balaban J connectivity index is 1.41. The third-order valence-electron chi connectivity index (χ3n) is 7.39. The first kappa shape index (κ1) is 23.5. The van der Waals surface area contributed by atoms with Gasteiger partial charge < -0.3 is 15.0 Å². The van der Waals surface area contributed by atoms with Gasteiger partial charge >= 0.3 is 0 Å². The number of nitrogens with one attached hydrogen (secondary N) is 2. The molecule has 0 aliphatic carbocycles. The van der Waals surface area contributed by atoms with Crippen LogP contribution >= 0.6 is 0 Å². The van der Waals surface area contributed by atoms with Gasteiger partial charge in [0.05, 0.1) is 25.4 Å². The normalized spacial score (nSPS) is 21.6. The van der Waals surface area contributed by atoms with Gasteiger partial charge in [0.2, 0.25) is 5.91 Å². The number of pyridine rings is 2. The van der Waals surface area contributed by atoms with Gasteiger partial charge in [-0.25, -0.2) is 9.97 Å². The Bertz CT molecular complexity index is 1220. The molecule has 2 aliphatic rings. The second-order valence-electron chi connectivity index (χ2n) is 9.74. The zero-order chi connectivity index (χ0) is 24.6. The van der Waals surface area contributed by atoms with E-state index < -0.39 is 5.66 Å². The van der Waals surface area contributed by atoms with Crippen molar-refractivity contribution in [3.8, 4) is 5.75 Å². The molecule has 2 aliphatic heterocycles. The van der Waals surface area contributed by atoms with Crippen molar-refractivity contribution in [2.24, 2.45) is 5.92 Å². The first-order valence-electron chi connectivity index (χ1n) is 12.4. The van der Waals surface area contributed by atoms with Gasteiger partial charge in [-0.05, 0) is 42.7 Å². The number of fused-ring (bicyclic) bond motifs is 3. The average molecular weight is 475 g/mol. The Hall–Kier alpha value is -3.23. The SMILES string of the molecule is COc1ccccc1N1CCN(C(C)NC2(C(C)C)NC(=O)Cc3cnc4ncccc4c32)CC1. The summed E-state index contributed by atoms with van der Waals surface area (Å²) in [5.41, 5.74) is 3.17. The first-order valence-corrected chi connectivity index (χ1v) is 12.4. The molecule has 2 aromatic heterocycles. The van der Waals surface area contributed by atoms with Crippen molar-refractivity contribution in [1.29, 1.82) is 0 Å². The lowest BCUT2D eigenvalue weighted by atomic mass is 9.80. The van der Waals surface area contributed by atoms with Gasteiger partial charge in [-0.15, -0.1) is 0 Å². The molecule has 8 heteroatoms. The van der Waals surface area contributed by atoms with Crippen LogP contribution in [0.1, 0.15) is 31.9 Å². The number of amides is 1. The summed E-state index contributed by atoms with van der Waals surface area (Å²) in [5.74, 6) is 1.02. The van der Waals surface area contributed by atoms with Gasteiger partial charge in [0.15, 0.2) is 5.65 Å². The van der Waals surface area contributed by atoms with Crippen molar-refractivity contribution in [2.75, 3.05) is 38.2 Å². The van der Waals surface area contributed by atoms with E-state index in [1.165, 1.54) is 0 Å². The van der Waals surface area contributed by atoms with Gasteiger partial charge in [0.25, 0.3) is 0 Å². The summed E-state index contributed by atoms with van der Waals surface area (Å²) in [7, 11) is 1.72. The van der Waals surface area contributed by atoms with E-state index in [-0.39, 0.29) is 18.0 Å². The van der Waals surface area contributed by atoms with Crippen LogP contribution in [0.2, 0.25) is 0 Å². The maximum Gasteiger partial charge on any atom is 0.226 e. The fourth-order valence-electron chi connectivity index (χ4n) is 5.54. The van der Waals surface area contributed by atoms with Crippen molar-refractivity contribution >= 4 is 22.6 Å². The van der Waals surface area contributed by atoms with Crippen molar-refractivity contribution in [2.45, 2.75) is 39.0 Å². The van der Waals surface area contributed by atoms with Gasteiger partial charge in [-0.2, -0.15) is 0 Å². The third-order valence-corrected chi connectivity index (χ3v) is 7.39. The first-order chi connectivity index (χ1) is 16.9. The van der Waals surface area contributed by atoms with E-state index in [1.54, 1.807) is 13.3 Å². The highest BCUT2D eigenvalue weighted by Gasteiger charge is 2.45. The zero-order valence-electron chi connectivity index (χ0n) is 20.9. The molecule has 0 radical (unpaired) electrons. The number of benzene rings is 1. The largest absolute Gasteiger partial charge is 0.495 e. The third kappa shape index (κ3) is 4.21. The molecular formula is C27H34N6O2. The monoisotopic (exact) mass is 474 g/mol. The summed E-state index contributed by atoms with van der Waals surface area (Å²) in [5, 5.41) is 8.18. The Morgan fingerprint density at radius 1 is 1.06 bits per heavy atom. The lowest BCUT2D eigenvalue weighted by molar-refractivity contribution is -0.125. The van der Waals surface area contributed by atoms with Gasteiger partial charge in [0, 0.05) is 49.5 Å². The molecule has 35 heavy (non-hydrogen) atoms. The number of ether oxygens (including phenoxy) is 1. The van der Waals surface area contributed by atoms with Crippen molar-refractivity contribution in [3.05, 3.63) is 59.9 Å². The fourth-order valence-corrected chi connectivity index (χ4v) is 5.54. The highest BCUT2D eigenvalue weighted by atomic mass is 16.5. The molecule has 2 unspecified atom stereocenters. The number of para-hydroxylation sites is 2. The zero-order valence-corrected chi connectivity index (χ0v) is 20.9. The Kier molecular flexibility index (Phi) is 6.34. The molecule has 0 saturated carbocycles. The Morgan fingerprint density at radius 3 is 2.57 bits per heavy atom. The second-order valence-corrected chi connectivity index (χ2v) is 9.74. The molecule has 5 rings (SSSR count). The molecule has 2 N–H and O–H groups in total. The highest BCUT2D eigenvalue weighted by Crippen LogP contribution is 2.38. The van der Waals surface area contributed by atoms with Gasteiger partial charge in [-0.1, -0.05) is 26.0 Å². The molecule has 1 aromatic carbocycles. The number of methoxy groups -OCH3 is 1. The summed E-state index contributed by atoms with van der Waals surface area (Å²) in [4.78, 5) is 26.7. The van der Waals surface area contributed by atoms with E-state index in [0.717, 1.165) is 54.1 Å². The van der Waals surface area contributed by atoms with E-state index in [4.69, 9.17) is 4.74 Å². The number of nitrogens with zero attached hydrogens (tertiary/aromatic N) is 4. The molecule has 1 saturated heterocycles. The van der Waals surface area contributed by atoms with Crippen LogP contribution in [-0.4, -0.2) is 60.2 Å². The van der Waals surface area contributed by atoms with Gasteiger partial charge in [0.1, 0.15) is 11.4 Å². The van der Waals surface area contributed by atoms with Gasteiger partial charge in [-0.3, -0.25) is 15.0 Å². The van der Waals surface area contributed by atoms with Crippen molar-refractivity contribution < 1.29 is 9.53 Å². The van der Waals surface area contributed by atoms with E-state index in [0.29, 0.717) is 12.1 Å². The molecule has 1 amide bonds. The van der Waals surface area contributed by atoms with Crippen LogP contribution in [-0.2, 0) is 16.9 Å². The molecule has 2 atom stereocenters. The number of aromatic nitrogens is 2. The standard InChI is InChI=1S/C27H34N6O2/c1-18(2)27(25-20(16-24(34)31-27)17-29-26-21(25)8-7-11-28-26)30-19(3)32-12-14-33(15-13-32)22-9-5-6-10-23(22)35-4/h5-11,17-19,30H,12-16H2,1-4H3,(H,31,34). The minimum absolute atomic E-state index is 0.0110. The van der Waals surface area contributed by atoms with Crippen LogP contribution < -0.4 is 20.3 Å². The molecule has 0 spiro atoms. The minimum atomic E-state index is -0.714. The smallest absolute Gasteiger partial charge is 0.226 e. The number of anilines is 1. The van der Waals surface area contributed by atoms with Crippen LogP contribution in [0.25, 0.3) is 11.0 Å². The molecule has 184 valence electrons. The van der Waals surface area contributed by atoms with Crippen LogP contribution in [0, 0.1) is 5.92 Å². The summed E-state index contributed by atoms with van der Waals surface area (Å²) < 4.78 is 5.57. The summed E-state index contributed by atoms with van der Waals surface area (Å²) >= 11 is 0. The number of carbonyl (C=O) groups is 1. The summed E-state index contributed by atoms with van der Waals surface area (Å²) in [6, 6.07) is 12.2. The molecular weight excluding hydrogens is 440 g/mol. The Labute approximate surface area is 206 Å². The fraction of sp³-hybridized carbons (Fsp3) is 0.444. The predicted octanol–water partition coefficient (Wildman–Crippen LogP) is 2.88. The number of rotatable bonds is 6. The predicted molar refractivity (Wildman–Crippen MR) is 137 cm³/mol. The second kappa shape index (κ2) is 9.43. The van der Waals surface area contributed by atoms with Crippen LogP contribution in [0.5, 0.6) is 5.75 Å². The number of hydrogen-bond donors (Lipinski definition) is 2. The molecule has 8 nitrogen and oxygen atoms in total. The summed E-state index contributed by atoms with van der Waals surface area (Å²) in [6.07, 6.45) is 3.95. The molecule has 0 bridgehead atoms. The van der Waals surface area contributed by atoms with Crippen LogP contribution in [0.15, 0.2) is 48.8 Å². The molecule has 4 heterocycles. The quantitative estimate of drug-likeness (QED) is 0.568. The maximum atomic E-state index is 12.9. The Morgan fingerprint density at radius 2 is 1.83 bits per heavy atom. The van der Waals surface area contributed by atoms with Crippen LogP contribution in [0.4, 0.5) is 5.69 Å².